The second-order valence-corrected chi connectivity index (χ2v) is 1.88. The van der Waals surface area contributed by atoms with Crippen molar-refractivity contribution in [3.63, 3.8) is 0 Å². The predicted molar refractivity (Wildman–Crippen MR) is 33.4 cm³/mol. The van der Waals surface area contributed by atoms with Crippen LogP contribution in [0.2, 0.25) is 0 Å². The molecule has 0 aliphatic carbocycles. The fourth-order valence-electron chi connectivity index (χ4n) is 0.408. The monoisotopic (exact) mass is 132 g/mol. The van der Waals surface area contributed by atoms with Crippen molar-refractivity contribution in [1.29, 1.82) is 0 Å². The van der Waals surface area contributed by atoms with Crippen LogP contribution < -0.4 is 0 Å². The van der Waals surface area contributed by atoms with Crippen molar-refractivity contribution in [1.82, 2.24) is 0 Å². The minimum atomic E-state index is -2.63. The molecule has 0 rings (SSSR count). The first-order valence-corrected chi connectivity index (χ1v) is 2.91. The van der Waals surface area contributed by atoms with Crippen molar-refractivity contribution in [2.24, 2.45) is 0 Å². The van der Waals surface area contributed by atoms with Crippen molar-refractivity contribution < 1.29 is 15.3 Å². The van der Waals surface area contributed by atoms with Gasteiger partial charge in [-0.05, 0) is 12.5 Å². The molecular formula is C6H12O3. The average Bonchev–Trinajstić information content (AvgIpc) is 1.63. The molecule has 3 N–H and O–H groups in total. The van der Waals surface area contributed by atoms with E-state index in [-0.39, 0.29) is 0 Å². The number of unbranched alkanes of at least 4 members (excludes halogenated alkanes) is 1. The highest BCUT2D eigenvalue weighted by molar-refractivity contribution is 4.86. The van der Waals surface area contributed by atoms with E-state index in [1.54, 1.807) is 0 Å². The fourth-order valence-corrected chi connectivity index (χ4v) is 0.408. The van der Waals surface area contributed by atoms with Crippen LogP contribution in [-0.2, 0) is 0 Å². The van der Waals surface area contributed by atoms with Crippen LogP contribution in [0.5, 0.6) is 0 Å². The smallest absolute Gasteiger partial charge is 0.297 e. The van der Waals surface area contributed by atoms with E-state index < -0.39 is 5.97 Å². The van der Waals surface area contributed by atoms with E-state index in [0.29, 0.717) is 0 Å². The summed E-state index contributed by atoms with van der Waals surface area (Å²) in [5, 5.41) is 24.8. The Kier molecular flexibility index (Phi) is 3.46. The first kappa shape index (κ1) is 8.62. The molecule has 3 heteroatoms. The molecule has 0 saturated heterocycles. The van der Waals surface area contributed by atoms with E-state index in [2.05, 4.69) is 0 Å². The largest absolute Gasteiger partial charge is 0.340 e. The molecule has 0 spiro atoms. The summed E-state index contributed by atoms with van der Waals surface area (Å²) in [6.45, 7) is 1.96. The van der Waals surface area contributed by atoms with Gasteiger partial charge in [-0.2, -0.15) is 0 Å². The Bertz CT molecular complexity index is 91.0. The predicted octanol–water partition coefficient (Wildman–Crippen LogP) is -0.0266. The van der Waals surface area contributed by atoms with Gasteiger partial charge in [-0.25, -0.2) is 0 Å². The summed E-state index contributed by atoms with van der Waals surface area (Å²) in [6, 6.07) is 0. The summed E-state index contributed by atoms with van der Waals surface area (Å²) in [5.41, 5.74) is 0. The van der Waals surface area contributed by atoms with Crippen LogP contribution in [0.4, 0.5) is 0 Å². The SMILES string of the molecule is CCCC=CC(O)(O)O. The van der Waals surface area contributed by atoms with Crippen molar-refractivity contribution in [2.45, 2.75) is 25.7 Å². The van der Waals surface area contributed by atoms with Gasteiger partial charge in [-0.15, -0.1) is 0 Å². The van der Waals surface area contributed by atoms with Crippen LogP contribution in [0, 0.1) is 0 Å². The Hall–Kier alpha value is -0.380. The Balaban J connectivity index is 3.45. The molecular weight excluding hydrogens is 120 g/mol. The molecule has 3 nitrogen and oxygen atoms in total. The van der Waals surface area contributed by atoms with Gasteiger partial charge in [0, 0.05) is 0 Å². The van der Waals surface area contributed by atoms with Crippen molar-refractivity contribution in [3.05, 3.63) is 12.2 Å². The van der Waals surface area contributed by atoms with Crippen LogP contribution in [0.15, 0.2) is 12.2 Å². The molecule has 0 aromatic heterocycles. The lowest BCUT2D eigenvalue weighted by Gasteiger charge is -2.05. The van der Waals surface area contributed by atoms with Gasteiger partial charge in [0.1, 0.15) is 0 Å². The van der Waals surface area contributed by atoms with Gasteiger partial charge in [-0.1, -0.05) is 19.4 Å². The number of hydrogen-bond acceptors (Lipinski definition) is 3. The third kappa shape index (κ3) is 7.62. The van der Waals surface area contributed by atoms with Crippen molar-refractivity contribution in [2.75, 3.05) is 0 Å². The first-order valence-electron chi connectivity index (χ1n) is 2.91. The zero-order chi connectivity index (χ0) is 7.33. The van der Waals surface area contributed by atoms with Crippen LogP contribution in [0.25, 0.3) is 0 Å². The third-order valence-electron chi connectivity index (χ3n) is 0.797. The molecule has 0 unspecified atom stereocenters. The maximum Gasteiger partial charge on any atom is 0.297 e. The minimum absolute atomic E-state index is 0.740. The summed E-state index contributed by atoms with van der Waals surface area (Å²) in [5.74, 6) is -2.63. The van der Waals surface area contributed by atoms with Gasteiger partial charge in [0.05, 0.1) is 0 Å². The number of allylic oxidation sites excluding steroid dienone is 1. The summed E-state index contributed by atoms with van der Waals surface area (Å²) in [7, 11) is 0. The minimum Gasteiger partial charge on any atom is -0.340 e. The highest BCUT2D eigenvalue weighted by Gasteiger charge is 2.10. The Morgan fingerprint density at radius 1 is 1.33 bits per heavy atom. The molecule has 0 heterocycles. The summed E-state index contributed by atoms with van der Waals surface area (Å²) in [4.78, 5) is 0. The quantitative estimate of drug-likeness (QED) is 0.373. The molecule has 54 valence electrons. The maximum atomic E-state index is 8.27. The normalized spacial score (nSPS) is 12.9. The highest BCUT2D eigenvalue weighted by atomic mass is 16.7. The van der Waals surface area contributed by atoms with Crippen LogP contribution in [0.3, 0.4) is 0 Å². The Morgan fingerprint density at radius 2 is 1.89 bits per heavy atom. The average molecular weight is 132 g/mol. The topological polar surface area (TPSA) is 60.7 Å². The van der Waals surface area contributed by atoms with Gasteiger partial charge in [0.15, 0.2) is 0 Å². The second kappa shape index (κ2) is 3.61. The van der Waals surface area contributed by atoms with Gasteiger partial charge in [0.25, 0.3) is 5.97 Å². The molecule has 0 aliphatic rings. The fraction of sp³-hybridized carbons (Fsp3) is 0.667. The lowest BCUT2D eigenvalue weighted by molar-refractivity contribution is -0.273. The molecule has 9 heavy (non-hydrogen) atoms. The molecule has 0 radical (unpaired) electrons. The Morgan fingerprint density at radius 3 is 2.22 bits per heavy atom. The van der Waals surface area contributed by atoms with Crippen LogP contribution >= 0.6 is 0 Å². The number of hydrogen-bond donors (Lipinski definition) is 3. The van der Waals surface area contributed by atoms with E-state index in [0.717, 1.165) is 18.9 Å². The zero-order valence-electron chi connectivity index (χ0n) is 5.41. The van der Waals surface area contributed by atoms with Crippen molar-refractivity contribution >= 4 is 0 Å². The summed E-state index contributed by atoms with van der Waals surface area (Å²) >= 11 is 0. The van der Waals surface area contributed by atoms with Crippen LogP contribution in [-0.4, -0.2) is 21.3 Å². The lowest BCUT2D eigenvalue weighted by Crippen LogP contribution is -2.23. The Labute approximate surface area is 54.3 Å². The second-order valence-electron chi connectivity index (χ2n) is 1.88. The van der Waals surface area contributed by atoms with E-state index in [4.69, 9.17) is 15.3 Å². The number of rotatable bonds is 3. The third-order valence-corrected chi connectivity index (χ3v) is 0.797. The molecule has 0 aliphatic heterocycles. The summed E-state index contributed by atoms with van der Waals surface area (Å²) in [6.07, 6.45) is 4.12. The molecule has 0 saturated carbocycles. The molecule has 0 bridgehead atoms. The van der Waals surface area contributed by atoms with E-state index >= 15 is 0 Å². The van der Waals surface area contributed by atoms with Gasteiger partial charge in [-0.3, -0.25) is 0 Å². The molecule has 0 aromatic rings. The van der Waals surface area contributed by atoms with E-state index in [9.17, 15) is 0 Å². The molecule has 0 fully saturated rings. The maximum absolute atomic E-state index is 8.27. The van der Waals surface area contributed by atoms with Gasteiger partial charge >= 0.3 is 0 Å². The first-order chi connectivity index (χ1) is 4.06. The molecule has 0 atom stereocenters. The van der Waals surface area contributed by atoms with Crippen molar-refractivity contribution in [3.8, 4) is 0 Å². The lowest BCUT2D eigenvalue weighted by atomic mass is 10.3. The highest BCUT2D eigenvalue weighted by Crippen LogP contribution is 1.97. The zero-order valence-corrected chi connectivity index (χ0v) is 5.41. The number of aliphatic hydroxyl groups is 3. The van der Waals surface area contributed by atoms with Crippen LogP contribution in [0.1, 0.15) is 19.8 Å². The summed E-state index contributed by atoms with van der Waals surface area (Å²) < 4.78 is 0. The van der Waals surface area contributed by atoms with E-state index in [1.807, 2.05) is 6.92 Å². The molecule has 0 aromatic carbocycles. The van der Waals surface area contributed by atoms with E-state index in [1.165, 1.54) is 6.08 Å². The molecule has 0 amide bonds. The standard InChI is InChI=1S/C6H12O3/c1-2-3-4-5-6(7,8)9/h4-5,7-9H,2-3H2,1H3. The van der Waals surface area contributed by atoms with Gasteiger partial charge in [0.2, 0.25) is 0 Å². The van der Waals surface area contributed by atoms with Gasteiger partial charge < -0.3 is 15.3 Å².